The van der Waals surface area contributed by atoms with Crippen LogP contribution in [0.3, 0.4) is 0 Å². The molecule has 4 rings (SSSR count). The first-order valence-electron chi connectivity index (χ1n) is 7.19. The van der Waals surface area contributed by atoms with Gasteiger partial charge >= 0.3 is 0 Å². The average molecular weight is 317 g/mol. The van der Waals surface area contributed by atoms with Gasteiger partial charge in [-0.2, -0.15) is 5.01 Å². The molecule has 2 aliphatic carbocycles. The number of hydrogen-bond acceptors (Lipinski definition) is 3. The number of hydrazine groups is 1. The topological polar surface area (TPSA) is 66.5 Å². The van der Waals surface area contributed by atoms with Gasteiger partial charge in [0.15, 0.2) is 0 Å². The fourth-order valence-electron chi connectivity index (χ4n) is 3.82. The molecule has 1 N–H and O–H groups in total. The van der Waals surface area contributed by atoms with Crippen LogP contribution in [0.5, 0.6) is 0 Å². The van der Waals surface area contributed by atoms with Crippen molar-refractivity contribution < 1.29 is 14.4 Å². The molecule has 1 aromatic rings. The summed E-state index contributed by atoms with van der Waals surface area (Å²) in [7, 11) is 0. The van der Waals surface area contributed by atoms with Gasteiger partial charge in [-0.3, -0.25) is 19.8 Å². The lowest BCUT2D eigenvalue weighted by Crippen LogP contribution is -2.47. The van der Waals surface area contributed by atoms with Gasteiger partial charge in [0.25, 0.3) is 17.7 Å². The second-order valence-electron chi connectivity index (χ2n) is 5.93. The van der Waals surface area contributed by atoms with Crippen molar-refractivity contribution in [2.24, 2.45) is 23.7 Å². The number of benzene rings is 1. The molecule has 1 saturated carbocycles. The summed E-state index contributed by atoms with van der Waals surface area (Å²) in [4.78, 5) is 37.2. The Morgan fingerprint density at radius 3 is 2.27 bits per heavy atom. The van der Waals surface area contributed by atoms with E-state index in [1.165, 1.54) is 0 Å². The average Bonchev–Trinajstić information content (AvgIpc) is 3.17. The zero-order valence-electron chi connectivity index (χ0n) is 11.5. The number of carbonyl (C=O) groups is 3. The molecule has 0 radical (unpaired) electrons. The van der Waals surface area contributed by atoms with Crippen molar-refractivity contribution in [3.8, 4) is 0 Å². The Balaban J connectivity index is 1.58. The van der Waals surface area contributed by atoms with Gasteiger partial charge in [0, 0.05) is 0 Å². The maximum absolute atomic E-state index is 12.5. The molecule has 3 aliphatic rings. The maximum Gasteiger partial charge on any atom is 0.271 e. The molecule has 2 fully saturated rings. The van der Waals surface area contributed by atoms with Crippen LogP contribution in [0.4, 0.5) is 0 Å². The van der Waals surface area contributed by atoms with Crippen LogP contribution < -0.4 is 5.43 Å². The van der Waals surface area contributed by atoms with Gasteiger partial charge in [-0.15, -0.1) is 0 Å². The minimum absolute atomic E-state index is 0.119. The number of hydrogen-bond donors (Lipinski definition) is 1. The van der Waals surface area contributed by atoms with Gasteiger partial charge in [-0.25, -0.2) is 0 Å². The van der Waals surface area contributed by atoms with Crippen molar-refractivity contribution in [1.29, 1.82) is 0 Å². The third-order valence-electron chi connectivity index (χ3n) is 4.80. The van der Waals surface area contributed by atoms with Crippen LogP contribution in [0.15, 0.2) is 36.4 Å². The summed E-state index contributed by atoms with van der Waals surface area (Å²) in [6.45, 7) is 0. The van der Waals surface area contributed by atoms with Gasteiger partial charge < -0.3 is 0 Å². The zero-order chi connectivity index (χ0) is 15.4. The van der Waals surface area contributed by atoms with E-state index < -0.39 is 5.91 Å². The predicted molar refractivity (Wildman–Crippen MR) is 78.5 cm³/mol. The summed E-state index contributed by atoms with van der Waals surface area (Å²) in [5.74, 6) is -1.59. The number of allylic oxidation sites excluding steroid dienone is 2. The lowest BCUT2D eigenvalue weighted by Gasteiger charge is -2.18. The van der Waals surface area contributed by atoms with E-state index in [1.54, 1.807) is 24.3 Å². The van der Waals surface area contributed by atoms with Crippen LogP contribution in [-0.2, 0) is 9.59 Å². The van der Waals surface area contributed by atoms with E-state index in [0.717, 1.165) is 11.4 Å². The second-order valence-corrected chi connectivity index (χ2v) is 6.34. The van der Waals surface area contributed by atoms with E-state index in [4.69, 9.17) is 11.6 Å². The highest BCUT2D eigenvalue weighted by Crippen LogP contribution is 2.52. The molecule has 1 aliphatic heterocycles. The van der Waals surface area contributed by atoms with Crippen molar-refractivity contribution in [2.45, 2.75) is 6.42 Å². The summed E-state index contributed by atoms with van der Waals surface area (Å²) in [5, 5.41) is 1.16. The minimum atomic E-state index is -0.549. The molecule has 1 heterocycles. The number of rotatable bonds is 2. The Morgan fingerprint density at radius 2 is 1.68 bits per heavy atom. The molecule has 0 unspecified atom stereocenters. The van der Waals surface area contributed by atoms with Gasteiger partial charge in [0.1, 0.15) is 0 Å². The van der Waals surface area contributed by atoms with Gasteiger partial charge in [-0.1, -0.05) is 35.9 Å². The van der Waals surface area contributed by atoms with Crippen molar-refractivity contribution in [3.05, 3.63) is 47.0 Å². The first-order chi connectivity index (χ1) is 10.6. The van der Waals surface area contributed by atoms with Gasteiger partial charge in [0.2, 0.25) is 0 Å². The highest BCUT2D eigenvalue weighted by molar-refractivity contribution is 6.33. The van der Waals surface area contributed by atoms with E-state index in [0.29, 0.717) is 0 Å². The van der Waals surface area contributed by atoms with E-state index >= 15 is 0 Å². The molecular formula is C16H13ClN2O3. The number of halogens is 1. The maximum atomic E-state index is 12.5. The lowest BCUT2D eigenvalue weighted by molar-refractivity contribution is -0.143. The Hall–Kier alpha value is -2.14. The van der Waals surface area contributed by atoms with E-state index in [-0.39, 0.29) is 46.1 Å². The fraction of sp³-hybridized carbons (Fsp3) is 0.312. The second kappa shape index (κ2) is 4.68. The van der Waals surface area contributed by atoms with E-state index in [9.17, 15) is 14.4 Å². The van der Waals surface area contributed by atoms with Crippen molar-refractivity contribution in [1.82, 2.24) is 10.4 Å². The third-order valence-corrected chi connectivity index (χ3v) is 5.13. The van der Waals surface area contributed by atoms with Gasteiger partial charge in [-0.05, 0) is 30.4 Å². The third kappa shape index (κ3) is 1.75. The van der Waals surface area contributed by atoms with Crippen LogP contribution >= 0.6 is 11.6 Å². The molecule has 1 saturated heterocycles. The minimum Gasteiger partial charge on any atom is -0.272 e. The number of nitrogens with one attached hydrogen (secondary N) is 1. The van der Waals surface area contributed by atoms with Crippen molar-refractivity contribution in [2.75, 3.05) is 0 Å². The molecule has 0 spiro atoms. The zero-order valence-corrected chi connectivity index (χ0v) is 12.3. The van der Waals surface area contributed by atoms with Crippen LogP contribution in [-0.4, -0.2) is 22.7 Å². The Kier molecular flexibility index (Phi) is 2.87. The summed E-state index contributed by atoms with van der Waals surface area (Å²) in [6, 6.07) is 6.52. The molecule has 0 aromatic heterocycles. The molecule has 6 heteroatoms. The molecule has 3 amide bonds. The Bertz CT molecular complexity index is 700. The molecule has 112 valence electrons. The summed E-state index contributed by atoms with van der Waals surface area (Å²) < 4.78 is 0. The molecular weight excluding hydrogens is 304 g/mol. The highest BCUT2D eigenvalue weighted by atomic mass is 35.5. The first kappa shape index (κ1) is 13.5. The fourth-order valence-corrected chi connectivity index (χ4v) is 4.04. The summed E-state index contributed by atoms with van der Waals surface area (Å²) in [5.41, 5.74) is 2.65. The predicted octanol–water partition coefficient (Wildman–Crippen LogP) is 1.79. The lowest BCUT2D eigenvalue weighted by atomic mass is 9.85. The van der Waals surface area contributed by atoms with Crippen molar-refractivity contribution >= 4 is 29.3 Å². The molecule has 4 atom stereocenters. The van der Waals surface area contributed by atoms with E-state index in [2.05, 4.69) is 5.43 Å². The van der Waals surface area contributed by atoms with E-state index in [1.807, 2.05) is 12.2 Å². The van der Waals surface area contributed by atoms with Crippen LogP contribution in [0.25, 0.3) is 0 Å². The normalized spacial score (nSPS) is 31.8. The number of imide groups is 1. The van der Waals surface area contributed by atoms with Gasteiger partial charge in [0.05, 0.1) is 22.4 Å². The quantitative estimate of drug-likeness (QED) is 0.668. The summed E-state index contributed by atoms with van der Waals surface area (Å²) in [6.07, 6.45) is 4.88. The number of fused-ring (bicyclic) bond motifs is 5. The molecule has 2 bridgehead atoms. The number of nitrogens with zero attached hydrogens (tertiary/aromatic N) is 1. The Morgan fingerprint density at radius 1 is 1.09 bits per heavy atom. The Labute approximate surface area is 131 Å². The van der Waals surface area contributed by atoms with Crippen LogP contribution in [0.2, 0.25) is 5.02 Å². The molecule has 1 aromatic carbocycles. The SMILES string of the molecule is O=C(NN1C(=O)[C@@H]2[C@H](C1=O)[C@H]1C=C[C@@H]2C1)c1ccccc1Cl. The number of amides is 3. The molecule has 22 heavy (non-hydrogen) atoms. The smallest absolute Gasteiger partial charge is 0.271 e. The monoisotopic (exact) mass is 316 g/mol. The molecule has 5 nitrogen and oxygen atoms in total. The van der Waals surface area contributed by atoms with Crippen LogP contribution in [0, 0.1) is 23.7 Å². The standard InChI is InChI=1S/C16H13ClN2O3/c17-11-4-2-1-3-10(11)14(20)18-19-15(21)12-8-5-6-9(7-8)13(12)16(19)22/h1-6,8-9,12-13H,7H2,(H,18,20)/t8-,9+,12+,13-. The van der Waals surface area contributed by atoms with Crippen molar-refractivity contribution in [3.63, 3.8) is 0 Å². The first-order valence-corrected chi connectivity index (χ1v) is 7.57. The number of carbonyl (C=O) groups excluding carboxylic acids is 3. The van der Waals surface area contributed by atoms with Crippen LogP contribution in [0.1, 0.15) is 16.8 Å². The summed E-state index contributed by atoms with van der Waals surface area (Å²) >= 11 is 5.97. The highest BCUT2D eigenvalue weighted by Gasteiger charge is 2.59. The largest absolute Gasteiger partial charge is 0.272 e.